The van der Waals surface area contributed by atoms with Crippen molar-refractivity contribution in [2.24, 2.45) is 0 Å². The number of Topliss-reactive ketones (excluding diaryl/α,β-unsaturated/α-hetero) is 1. The molecule has 7 heteroatoms. The molecular weight excluding hydrogens is 628 g/mol. The van der Waals surface area contributed by atoms with E-state index in [1.54, 1.807) is 0 Å². The number of halogens is 2. The number of ketones is 1. The van der Waals surface area contributed by atoms with Gasteiger partial charge in [0.1, 0.15) is 12.6 Å². The fourth-order valence-corrected chi connectivity index (χ4v) is 7.03. The van der Waals surface area contributed by atoms with Gasteiger partial charge < -0.3 is 10.3 Å². The van der Waals surface area contributed by atoms with Crippen LogP contribution in [0.3, 0.4) is 0 Å². The van der Waals surface area contributed by atoms with Crippen molar-refractivity contribution in [3.63, 3.8) is 0 Å². The predicted molar refractivity (Wildman–Crippen MR) is 169 cm³/mol. The smallest absolute Gasteiger partial charge is 0.209 e. The number of rotatable bonds is 5. The summed E-state index contributed by atoms with van der Waals surface area (Å²) in [6.07, 6.45) is 3.80. The highest BCUT2D eigenvalue weighted by Crippen LogP contribution is 2.50. The first kappa shape index (κ1) is 28.2. The Kier molecular flexibility index (Phi) is 7.03. The molecule has 202 valence electrons. The SMILES string of the molecule is CCN1/C(=C/C2=C(C(=C=[N-])C#N)C(=C/C3=[N+](CC)c4ccc(Br)cc4C3(C)C)/C2=O)C(C)(C)c2cc(Br)ccc21. The highest BCUT2D eigenvalue weighted by Gasteiger charge is 2.47. The van der Waals surface area contributed by atoms with Crippen molar-refractivity contribution in [3.05, 3.63) is 102 Å². The molecule has 40 heavy (non-hydrogen) atoms. The Morgan fingerprint density at radius 3 is 2.27 bits per heavy atom. The van der Waals surface area contributed by atoms with Crippen LogP contribution in [0.25, 0.3) is 5.41 Å². The molecule has 0 fully saturated rings. The van der Waals surface area contributed by atoms with Gasteiger partial charge in [-0.05, 0) is 69.7 Å². The van der Waals surface area contributed by atoms with Gasteiger partial charge in [-0.15, -0.1) is 0 Å². The van der Waals surface area contributed by atoms with E-state index in [0.717, 1.165) is 55.9 Å². The summed E-state index contributed by atoms with van der Waals surface area (Å²) in [6, 6.07) is 14.5. The maximum absolute atomic E-state index is 13.9. The third-order valence-electron chi connectivity index (χ3n) is 8.40. The van der Waals surface area contributed by atoms with Crippen LogP contribution < -0.4 is 4.90 Å². The van der Waals surface area contributed by atoms with E-state index in [1.165, 1.54) is 0 Å². The zero-order chi connectivity index (χ0) is 29.1. The molecule has 2 aromatic rings. The van der Waals surface area contributed by atoms with E-state index < -0.39 is 0 Å². The van der Waals surface area contributed by atoms with Gasteiger partial charge in [0.15, 0.2) is 11.5 Å². The topological polar surface area (TPSA) is 69.4 Å². The van der Waals surface area contributed by atoms with Crippen LogP contribution >= 0.6 is 31.9 Å². The molecule has 0 saturated heterocycles. The number of anilines is 1. The second kappa shape index (κ2) is 9.96. The molecular formula is C33H30Br2N4O. The lowest BCUT2D eigenvalue weighted by atomic mass is 9.73. The summed E-state index contributed by atoms with van der Waals surface area (Å²) >= 11 is 7.20. The third-order valence-corrected chi connectivity index (χ3v) is 9.39. The summed E-state index contributed by atoms with van der Waals surface area (Å²) < 4.78 is 4.20. The lowest BCUT2D eigenvalue weighted by Gasteiger charge is -2.30. The number of hydrogen-bond donors (Lipinski definition) is 0. The molecule has 0 saturated carbocycles. The van der Waals surface area contributed by atoms with E-state index in [4.69, 9.17) is 0 Å². The number of benzene rings is 2. The summed E-state index contributed by atoms with van der Waals surface area (Å²) in [7, 11) is 0. The number of hydrogen-bond acceptors (Lipinski definition) is 3. The number of fused-ring (bicyclic) bond motifs is 2. The number of carbonyl (C=O) groups excluding carboxylic acids is 1. The minimum Gasteiger partial charge on any atom is -0.762 e. The highest BCUT2D eigenvalue weighted by atomic mass is 79.9. The monoisotopic (exact) mass is 656 g/mol. The van der Waals surface area contributed by atoms with Crippen molar-refractivity contribution in [3.8, 4) is 6.07 Å². The molecule has 0 aromatic heterocycles. The van der Waals surface area contributed by atoms with E-state index in [-0.39, 0.29) is 22.2 Å². The fraction of sp³-hybridized carbons (Fsp3) is 0.303. The van der Waals surface area contributed by atoms with Crippen molar-refractivity contribution in [2.45, 2.75) is 52.4 Å². The number of carbonyl (C=O) groups is 1. The summed E-state index contributed by atoms with van der Waals surface area (Å²) in [5, 5.41) is 19.8. The van der Waals surface area contributed by atoms with Crippen molar-refractivity contribution >= 4 is 60.6 Å². The Bertz CT molecular complexity index is 1720. The molecule has 1 aliphatic carbocycles. The zero-order valence-corrected chi connectivity index (χ0v) is 26.7. The first-order chi connectivity index (χ1) is 18.9. The average Bonchev–Trinajstić information content (AvgIpc) is 3.26. The zero-order valence-electron chi connectivity index (χ0n) is 23.5. The minimum atomic E-state index is -0.372. The lowest BCUT2D eigenvalue weighted by molar-refractivity contribution is -0.433. The van der Waals surface area contributed by atoms with E-state index >= 15 is 0 Å². The van der Waals surface area contributed by atoms with Crippen LogP contribution in [0.15, 0.2) is 85.5 Å². The summed E-state index contributed by atoms with van der Waals surface area (Å²) in [5.41, 5.74) is 6.94. The quantitative estimate of drug-likeness (QED) is 0.143. The number of nitriles is 1. The van der Waals surface area contributed by atoms with Gasteiger partial charge in [-0.1, -0.05) is 45.7 Å². The molecule has 0 unspecified atom stereocenters. The summed E-state index contributed by atoms with van der Waals surface area (Å²) in [6.45, 7) is 14.2. The Morgan fingerprint density at radius 2 is 1.68 bits per heavy atom. The van der Waals surface area contributed by atoms with E-state index in [9.17, 15) is 15.5 Å². The predicted octanol–water partition coefficient (Wildman–Crippen LogP) is 7.80. The molecule has 0 spiro atoms. The molecule has 5 nitrogen and oxygen atoms in total. The van der Waals surface area contributed by atoms with E-state index in [0.29, 0.717) is 16.7 Å². The first-order valence-electron chi connectivity index (χ1n) is 13.4. The molecule has 2 aromatic carbocycles. The maximum atomic E-state index is 13.9. The van der Waals surface area contributed by atoms with Crippen molar-refractivity contribution < 1.29 is 9.37 Å². The average molecular weight is 658 g/mol. The van der Waals surface area contributed by atoms with Crippen molar-refractivity contribution in [2.75, 3.05) is 18.0 Å². The Hall–Kier alpha value is -3.30. The van der Waals surface area contributed by atoms with E-state index in [2.05, 4.69) is 119 Å². The van der Waals surface area contributed by atoms with Crippen molar-refractivity contribution in [1.82, 2.24) is 0 Å². The molecule has 3 aliphatic rings. The molecule has 0 N–H and O–H groups in total. The normalized spacial score (nSPS) is 20.5. The highest BCUT2D eigenvalue weighted by molar-refractivity contribution is 9.10. The van der Waals surface area contributed by atoms with Gasteiger partial charge in [-0.2, -0.15) is 9.84 Å². The van der Waals surface area contributed by atoms with Crippen molar-refractivity contribution in [1.29, 1.82) is 5.26 Å². The molecule has 0 atom stereocenters. The third kappa shape index (κ3) is 4.05. The Morgan fingerprint density at radius 1 is 1.02 bits per heavy atom. The van der Waals surface area contributed by atoms with Crippen LogP contribution in [0.5, 0.6) is 0 Å². The molecule has 0 amide bonds. The number of allylic oxidation sites excluding steroid dienone is 7. The van der Waals surface area contributed by atoms with Crippen LogP contribution in [0.1, 0.15) is 52.7 Å². The minimum absolute atomic E-state index is 0.0449. The molecule has 0 bridgehead atoms. The van der Waals surface area contributed by atoms with Crippen LogP contribution in [-0.4, -0.2) is 35.0 Å². The molecule has 2 heterocycles. The van der Waals surface area contributed by atoms with Gasteiger partial charge in [-0.25, -0.2) is 5.87 Å². The second-order valence-electron chi connectivity index (χ2n) is 11.3. The van der Waals surface area contributed by atoms with Crippen LogP contribution in [0.2, 0.25) is 0 Å². The molecule has 0 radical (unpaired) electrons. The Labute approximate surface area is 252 Å². The van der Waals surface area contributed by atoms with Crippen LogP contribution in [0, 0.1) is 11.3 Å². The van der Waals surface area contributed by atoms with Gasteiger partial charge in [0.05, 0.1) is 11.0 Å². The first-order valence-corrected chi connectivity index (χ1v) is 14.9. The second-order valence-corrected chi connectivity index (χ2v) is 13.1. The number of nitrogens with zero attached hydrogens (tertiary/aromatic N) is 4. The van der Waals surface area contributed by atoms with Crippen LogP contribution in [-0.2, 0) is 15.6 Å². The van der Waals surface area contributed by atoms with Gasteiger partial charge in [0, 0.05) is 66.7 Å². The summed E-state index contributed by atoms with van der Waals surface area (Å²) in [5.74, 6) is 1.90. The largest absolute Gasteiger partial charge is 0.762 e. The lowest BCUT2D eigenvalue weighted by Crippen LogP contribution is -2.32. The fourth-order valence-electron chi connectivity index (χ4n) is 6.31. The molecule has 2 aliphatic heterocycles. The maximum Gasteiger partial charge on any atom is 0.209 e. The van der Waals surface area contributed by atoms with Gasteiger partial charge in [0.25, 0.3) is 0 Å². The Balaban J connectivity index is 1.71. The van der Waals surface area contributed by atoms with Gasteiger partial charge in [0.2, 0.25) is 5.69 Å². The van der Waals surface area contributed by atoms with E-state index in [1.807, 2.05) is 24.3 Å². The van der Waals surface area contributed by atoms with Gasteiger partial charge in [-0.3, -0.25) is 4.79 Å². The van der Waals surface area contributed by atoms with Crippen LogP contribution in [0.4, 0.5) is 11.4 Å². The standard InChI is InChI=1S/C33H30Br2N4O/c1-7-38-26-11-9-20(34)13-24(26)32(3,4)28(38)15-22-30(19(17-36)18-37)23(31(22)40)16-29-33(5,6)25-14-21(35)10-12-27(25)39(29)8-2/h9-16H,7-8H2,1-6H3. The molecule has 5 rings (SSSR count). The number of likely N-dealkylation sites (N-methyl/N-ethyl adjacent to an activating group) is 1. The summed E-state index contributed by atoms with van der Waals surface area (Å²) in [4.78, 5) is 16.1. The van der Waals surface area contributed by atoms with Gasteiger partial charge >= 0.3 is 0 Å².